The molecule has 1 rings (SSSR count). The van der Waals surface area contributed by atoms with E-state index in [0.29, 0.717) is 37.4 Å². The molecule has 0 unspecified atom stereocenters. The first-order valence-corrected chi connectivity index (χ1v) is 8.09. The van der Waals surface area contributed by atoms with Crippen molar-refractivity contribution < 1.29 is 23.6 Å². The van der Waals surface area contributed by atoms with Crippen LogP contribution in [0.3, 0.4) is 0 Å². The number of carbonyl (C=O) groups excluding carboxylic acids is 3. The number of rotatable bonds is 14. The number of nitrogens with one attached hydrogen (secondary N) is 2. The predicted molar refractivity (Wildman–Crippen MR) is 87.2 cm³/mol. The molecule has 0 aromatic carbocycles. The third kappa shape index (κ3) is 10.3. The lowest BCUT2D eigenvalue weighted by molar-refractivity contribution is -0.123. The summed E-state index contributed by atoms with van der Waals surface area (Å²) in [4.78, 5) is 38.1. The normalized spacial score (nSPS) is 10.6. The third-order valence-electron chi connectivity index (χ3n) is 3.14. The average molecular weight is 355 g/mol. The zero-order chi connectivity index (χ0) is 18.5. The lowest BCUT2D eigenvalue weighted by Gasteiger charge is -2.05. The SMILES string of the molecule is Cc1nc(CNC(=O)CCCCC(=O)CNCOCC(=O)CN)no1. The molecular weight excluding hydrogens is 330 g/mol. The van der Waals surface area contributed by atoms with Gasteiger partial charge in [0.1, 0.15) is 12.4 Å². The molecule has 0 bridgehead atoms. The highest BCUT2D eigenvalue weighted by Gasteiger charge is 2.07. The molecule has 0 aliphatic carbocycles. The summed E-state index contributed by atoms with van der Waals surface area (Å²) in [5, 5.41) is 9.15. The minimum Gasteiger partial charge on any atom is -0.358 e. The number of ether oxygens (including phenoxy) is 1. The Bertz CT molecular complexity index is 560. The van der Waals surface area contributed by atoms with E-state index in [1.54, 1.807) is 6.92 Å². The van der Waals surface area contributed by atoms with Gasteiger partial charge in [0.25, 0.3) is 0 Å². The Morgan fingerprint density at radius 2 is 1.96 bits per heavy atom. The maximum absolute atomic E-state index is 11.6. The van der Waals surface area contributed by atoms with Gasteiger partial charge in [-0.1, -0.05) is 5.16 Å². The van der Waals surface area contributed by atoms with Gasteiger partial charge in [-0.25, -0.2) is 0 Å². The molecule has 1 heterocycles. The van der Waals surface area contributed by atoms with Crippen LogP contribution in [0.1, 0.15) is 37.4 Å². The number of hydrogen-bond acceptors (Lipinski definition) is 9. The number of amides is 1. The van der Waals surface area contributed by atoms with Gasteiger partial charge in [0.2, 0.25) is 11.8 Å². The van der Waals surface area contributed by atoms with Crippen LogP contribution in [0, 0.1) is 6.92 Å². The van der Waals surface area contributed by atoms with E-state index in [0.717, 1.165) is 0 Å². The smallest absolute Gasteiger partial charge is 0.223 e. The number of ketones is 2. The molecule has 1 aromatic heterocycles. The first kappa shape index (κ1) is 20.9. The molecule has 4 N–H and O–H groups in total. The molecule has 10 heteroatoms. The summed E-state index contributed by atoms with van der Waals surface area (Å²) in [7, 11) is 0. The topological polar surface area (TPSA) is 149 Å². The average Bonchev–Trinajstić information content (AvgIpc) is 3.01. The van der Waals surface area contributed by atoms with Crippen LogP contribution in [0.25, 0.3) is 0 Å². The maximum Gasteiger partial charge on any atom is 0.223 e. The predicted octanol–water partition coefficient (Wildman–Crippen LogP) is -0.785. The summed E-state index contributed by atoms with van der Waals surface area (Å²) in [5.41, 5.74) is 5.13. The quantitative estimate of drug-likeness (QED) is 0.288. The molecule has 0 spiro atoms. The second-order valence-electron chi connectivity index (χ2n) is 5.41. The second-order valence-corrected chi connectivity index (χ2v) is 5.41. The fourth-order valence-electron chi connectivity index (χ4n) is 1.86. The lowest BCUT2D eigenvalue weighted by atomic mass is 10.1. The van der Waals surface area contributed by atoms with E-state index in [1.807, 2.05) is 0 Å². The molecule has 0 saturated carbocycles. The third-order valence-corrected chi connectivity index (χ3v) is 3.14. The van der Waals surface area contributed by atoms with Crippen LogP contribution in [0.15, 0.2) is 4.52 Å². The summed E-state index contributed by atoms with van der Waals surface area (Å²) < 4.78 is 9.80. The minimum absolute atomic E-state index is 0.0245. The molecule has 0 aliphatic heterocycles. The summed E-state index contributed by atoms with van der Waals surface area (Å²) in [6, 6.07) is 0. The van der Waals surface area contributed by atoms with E-state index in [1.165, 1.54) is 0 Å². The van der Waals surface area contributed by atoms with Gasteiger partial charge in [-0.05, 0) is 12.8 Å². The van der Waals surface area contributed by atoms with Crippen LogP contribution in [0.2, 0.25) is 0 Å². The van der Waals surface area contributed by atoms with Crippen molar-refractivity contribution in [2.24, 2.45) is 5.73 Å². The van der Waals surface area contributed by atoms with Gasteiger partial charge in [0.05, 0.1) is 26.4 Å². The summed E-state index contributed by atoms with van der Waals surface area (Å²) >= 11 is 0. The van der Waals surface area contributed by atoms with Crippen LogP contribution in [0.5, 0.6) is 0 Å². The van der Waals surface area contributed by atoms with Crippen molar-refractivity contribution in [2.75, 3.05) is 26.4 Å². The van der Waals surface area contributed by atoms with E-state index in [9.17, 15) is 14.4 Å². The molecule has 0 saturated heterocycles. The zero-order valence-electron chi connectivity index (χ0n) is 14.4. The van der Waals surface area contributed by atoms with E-state index in [-0.39, 0.29) is 50.4 Å². The molecule has 0 radical (unpaired) electrons. The van der Waals surface area contributed by atoms with Crippen molar-refractivity contribution in [3.8, 4) is 0 Å². The molecule has 1 amide bonds. The maximum atomic E-state index is 11.6. The number of nitrogens with zero attached hydrogens (tertiary/aromatic N) is 2. The number of aryl methyl sites for hydroxylation is 1. The van der Waals surface area contributed by atoms with E-state index in [2.05, 4.69) is 20.8 Å². The number of Topliss-reactive ketones (excluding diaryl/α,β-unsaturated/α-hetero) is 2. The number of carbonyl (C=O) groups is 3. The number of nitrogens with two attached hydrogens (primary N) is 1. The number of hydrogen-bond donors (Lipinski definition) is 3. The van der Waals surface area contributed by atoms with Crippen LogP contribution in [0.4, 0.5) is 0 Å². The molecule has 140 valence electrons. The van der Waals surface area contributed by atoms with Crippen LogP contribution >= 0.6 is 0 Å². The molecule has 0 fully saturated rings. The van der Waals surface area contributed by atoms with Gasteiger partial charge in [-0.3, -0.25) is 19.7 Å². The molecular formula is C15H25N5O5. The van der Waals surface area contributed by atoms with Crippen molar-refractivity contribution in [3.05, 3.63) is 11.7 Å². The van der Waals surface area contributed by atoms with E-state index in [4.69, 9.17) is 15.0 Å². The molecule has 10 nitrogen and oxygen atoms in total. The zero-order valence-corrected chi connectivity index (χ0v) is 14.4. The van der Waals surface area contributed by atoms with Crippen molar-refractivity contribution in [1.29, 1.82) is 0 Å². The van der Waals surface area contributed by atoms with Gasteiger partial charge < -0.3 is 20.3 Å². The van der Waals surface area contributed by atoms with Gasteiger partial charge in [0.15, 0.2) is 11.6 Å². The highest BCUT2D eigenvalue weighted by Crippen LogP contribution is 2.01. The Labute approximate surface area is 145 Å². The van der Waals surface area contributed by atoms with Gasteiger partial charge in [-0.2, -0.15) is 4.98 Å². The Hall–Kier alpha value is -2.17. The molecule has 1 aromatic rings. The number of unbranched alkanes of at least 4 members (excludes halogenated alkanes) is 1. The van der Waals surface area contributed by atoms with Crippen molar-refractivity contribution >= 4 is 17.5 Å². The fourth-order valence-corrected chi connectivity index (χ4v) is 1.86. The minimum atomic E-state index is -0.194. The van der Waals surface area contributed by atoms with Crippen LogP contribution < -0.4 is 16.4 Å². The Morgan fingerprint density at radius 1 is 1.20 bits per heavy atom. The Kier molecular flexibility index (Phi) is 10.2. The molecule has 0 aliphatic rings. The van der Waals surface area contributed by atoms with Crippen molar-refractivity contribution in [1.82, 2.24) is 20.8 Å². The highest BCUT2D eigenvalue weighted by molar-refractivity contribution is 5.81. The largest absolute Gasteiger partial charge is 0.358 e. The van der Waals surface area contributed by atoms with Crippen LogP contribution in [-0.2, 0) is 25.7 Å². The lowest BCUT2D eigenvalue weighted by Crippen LogP contribution is -2.28. The molecule has 25 heavy (non-hydrogen) atoms. The fraction of sp³-hybridized carbons (Fsp3) is 0.667. The standard InChI is InChI=1S/C15H25N5O5/c1-11-19-14(20-25-11)8-18-15(23)5-3-2-4-12(21)7-17-10-24-9-13(22)6-16/h17H,2-10,16H2,1H3,(H,18,23). The molecule has 0 atom stereocenters. The Balaban J connectivity index is 1.96. The summed E-state index contributed by atoms with van der Waals surface area (Å²) in [5.74, 6) is 0.596. The van der Waals surface area contributed by atoms with Gasteiger partial charge >= 0.3 is 0 Å². The summed E-state index contributed by atoms with van der Waals surface area (Å²) in [6.07, 6.45) is 1.96. The second kappa shape index (κ2) is 12.2. The summed E-state index contributed by atoms with van der Waals surface area (Å²) in [6.45, 7) is 2.08. The van der Waals surface area contributed by atoms with E-state index < -0.39 is 0 Å². The number of aromatic nitrogens is 2. The van der Waals surface area contributed by atoms with Gasteiger partial charge in [0, 0.05) is 19.8 Å². The first-order valence-electron chi connectivity index (χ1n) is 8.09. The highest BCUT2D eigenvalue weighted by atomic mass is 16.5. The van der Waals surface area contributed by atoms with Crippen LogP contribution in [-0.4, -0.2) is 54.0 Å². The first-order chi connectivity index (χ1) is 12.0. The van der Waals surface area contributed by atoms with Gasteiger partial charge in [-0.15, -0.1) is 0 Å². The monoisotopic (exact) mass is 355 g/mol. The van der Waals surface area contributed by atoms with Crippen molar-refractivity contribution in [3.63, 3.8) is 0 Å². The van der Waals surface area contributed by atoms with Crippen molar-refractivity contribution in [2.45, 2.75) is 39.2 Å². The Morgan fingerprint density at radius 3 is 2.64 bits per heavy atom. The van der Waals surface area contributed by atoms with E-state index >= 15 is 0 Å².